The van der Waals surface area contributed by atoms with Crippen LogP contribution in [0.3, 0.4) is 0 Å². The Morgan fingerprint density at radius 3 is 1.46 bits per heavy atom. The first kappa shape index (κ1) is 94.3. The molecule has 0 radical (unpaired) electrons. The van der Waals surface area contributed by atoms with Gasteiger partial charge in [-0.3, -0.25) is 33.4 Å². The summed E-state index contributed by atoms with van der Waals surface area (Å²) in [5.74, 6) is 4.62. The number of nitrogens with one attached hydrogen (secondary N) is 5. The second kappa shape index (κ2) is 42.8. The van der Waals surface area contributed by atoms with Gasteiger partial charge in [-0.15, -0.1) is 32.9 Å². The molecule has 7 aliphatic rings. The number of aryl methyl sites for hydroxylation is 1. The van der Waals surface area contributed by atoms with E-state index < -0.39 is 0 Å². The predicted octanol–water partition coefficient (Wildman–Crippen LogP) is 10.9. The standard InChI is InChI=1S/C22H21N5O2.C21H19ClN6O.C19H23N7O2S.C19H22N6O.C18H22N8O2S/c1-15-5-2-3-6-17(15)22-25-18(14-29-22)21(28)24-16-8-11-27(13-16)20-19-7-4-10-26(19)12-9-23-20;22-15-4-6-19(24-13-15)28-10-7-17(26-28)21(29)25-16-5-3-14(12-16)20-18-2-1-9-27(18)11-8-23-20;27-14-2-7-25(8-3-14)19-23-15(12-29-19)18(28)22-13-1-6-26(11-13)17-16-20-4-9-24(16)10-5-21-17;1-13(2)14-10-21-17(22-11-14)19(26)23-15-5-8-25(12-15)18-16-4-3-7-24(16)9-6-20-18;27-13-2-6-24(7-3-13)18-22-14(10-29-18)17(28)21-12-1-5-25(9-12)15-16-23-20-11-26(16)8-4-19-15/h2-7,9-10,12,14,16H,8,11,13H2,1H3,(H,24,28);1-2,4,6-11,13-14,16H,3,5,12H2,(H,25,29);4-5,9-10,12-14,27H,1-3,6-8,11H2,(H,22,28);3-4,6-7,9-11,13,15H,5,8,12H2,1-2H3,(H,23,26);4,8,10-13,27H,1-3,5-7,9H2,(H,21,28)/t16-;14?,16-;13-;15-;12-/m00000/s1. The number of aliphatic hydroxyl groups is 2. The van der Waals surface area contributed by atoms with Crippen molar-refractivity contribution in [2.24, 2.45) is 0 Å². The first-order chi connectivity index (χ1) is 69.3. The van der Waals surface area contributed by atoms with E-state index in [9.17, 15) is 34.2 Å². The highest BCUT2D eigenvalue weighted by molar-refractivity contribution is 7.14. The summed E-state index contributed by atoms with van der Waals surface area (Å²) in [7, 11) is 0. The molecule has 0 spiro atoms. The summed E-state index contributed by atoms with van der Waals surface area (Å²) >= 11 is 8.83. The number of nitrogens with zero attached hydrogens (tertiary/aromatic N) is 27. The van der Waals surface area contributed by atoms with E-state index in [0.29, 0.717) is 71.0 Å². The van der Waals surface area contributed by atoms with Gasteiger partial charge in [-0.2, -0.15) is 5.10 Å². The van der Waals surface area contributed by atoms with Crippen molar-refractivity contribution in [3.8, 4) is 17.3 Å². The molecular formula is C99H107ClN32O8S2. The molecule has 7 fully saturated rings. The van der Waals surface area contributed by atoms with E-state index in [2.05, 4.69) is 176 Å². The molecule has 43 heteroatoms. The quantitative estimate of drug-likeness (QED) is 0.0373. The Labute approximate surface area is 828 Å². The summed E-state index contributed by atoms with van der Waals surface area (Å²) in [6, 6.07) is 25.6. The van der Waals surface area contributed by atoms with Crippen molar-refractivity contribution in [2.75, 3.05) is 108 Å². The minimum absolute atomic E-state index is 0.0303. The maximum atomic E-state index is 12.7. The van der Waals surface area contributed by atoms with Gasteiger partial charge in [0.05, 0.1) is 39.5 Å². The van der Waals surface area contributed by atoms with Gasteiger partial charge < -0.3 is 88.2 Å². The van der Waals surface area contributed by atoms with Crippen LogP contribution in [-0.4, -0.2) is 262 Å². The van der Waals surface area contributed by atoms with Gasteiger partial charge >= 0.3 is 0 Å². The molecule has 0 bridgehead atoms. The van der Waals surface area contributed by atoms with Crippen LogP contribution in [0.25, 0.3) is 45.1 Å². The number of fused-ring (bicyclic) bond motifs is 5. The molecule has 40 nitrogen and oxygen atoms in total. The summed E-state index contributed by atoms with van der Waals surface area (Å²) in [5, 5.41) is 53.1. The maximum Gasteiger partial charge on any atom is 0.289 e. The van der Waals surface area contributed by atoms with Crippen LogP contribution in [0.2, 0.25) is 5.02 Å². The number of pyridine rings is 1. The summed E-state index contributed by atoms with van der Waals surface area (Å²) in [6.45, 7) is 15.4. The molecule has 22 heterocycles. The average molecular weight is 1970 g/mol. The van der Waals surface area contributed by atoms with Crippen molar-refractivity contribution < 1.29 is 38.6 Å². The zero-order valence-corrected chi connectivity index (χ0v) is 80.7. The molecule has 142 heavy (non-hydrogen) atoms. The van der Waals surface area contributed by atoms with Crippen molar-refractivity contribution in [2.45, 2.75) is 146 Å². The van der Waals surface area contributed by atoms with E-state index in [4.69, 9.17) is 16.0 Å². The number of thiazole rings is 2. The molecule has 17 aromatic rings. The summed E-state index contributed by atoms with van der Waals surface area (Å²) in [5.41, 5.74) is 10.5. The molecular weight excluding hydrogens is 1860 g/mol. The molecule has 7 N–H and O–H groups in total. The fraction of sp³-hybridized carbons (Fsp3) is 0.354. The highest BCUT2D eigenvalue weighted by atomic mass is 35.5. The number of anilines is 6. The minimum atomic E-state index is -0.225. The Kier molecular flexibility index (Phi) is 28.4. The number of piperidine rings is 2. The predicted molar refractivity (Wildman–Crippen MR) is 538 cm³/mol. The number of hydrogen-bond acceptors (Lipinski definition) is 31. The normalized spacial score (nSPS) is 18.8. The largest absolute Gasteiger partial charge is 0.444 e. The van der Waals surface area contributed by atoms with Crippen LogP contribution in [0.4, 0.5) is 33.5 Å². The second-order valence-corrected chi connectivity index (χ2v) is 38.6. The van der Waals surface area contributed by atoms with Crippen molar-refractivity contribution in [3.63, 3.8) is 0 Å². The number of hydrogen-bond donors (Lipinski definition) is 7. The van der Waals surface area contributed by atoms with Crippen LogP contribution < -0.4 is 56.0 Å². The van der Waals surface area contributed by atoms with Gasteiger partial charge in [0.2, 0.25) is 17.4 Å². The van der Waals surface area contributed by atoms with Crippen molar-refractivity contribution in [1.29, 1.82) is 0 Å². The van der Waals surface area contributed by atoms with Crippen LogP contribution in [0, 0.1) is 6.92 Å². The lowest BCUT2D eigenvalue weighted by atomic mass is 10.0. The van der Waals surface area contributed by atoms with Crippen LogP contribution in [0.1, 0.15) is 166 Å². The maximum absolute atomic E-state index is 12.7. The Morgan fingerprint density at radius 2 is 0.908 bits per heavy atom. The number of carbonyl (C=O) groups excluding carboxylic acids is 5. The molecule has 5 amide bonds. The fourth-order valence-corrected chi connectivity index (χ4v) is 20.8. The van der Waals surface area contributed by atoms with Gasteiger partial charge in [0, 0.05) is 249 Å². The molecule has 16 aromatic heterocycles. The first-order valence-corrected chi connectivity index (χ1v) is 49.9. The summed E-state index contributed by atoms with van der Waals surface area (Å²) in [6.07, 6.45) is 46.8. The van der Waals surface area contributed by atoms with Crippen LogP contribution in [0.5, 0.6) is 0 Å². The van der Waals surface area contributed by atoms with Gasteiger partial charge in [0.15, 0.2) is 56.4 Å². The molecule has 1 aromatic carbocycles. The van der Waals surface area contributed by atoms with Gasteiger partial charge in [0.25, 0.3) is 29.5 Å². The van der Waals surface area contributed by atoms with Crippen molar-refractivity contribution >= 4 is 125 Å². The van der Waals surface area contributed by atoms with E-state index >= 15 is 0 Å². The number of benzene rings is 1. The molecule has 6 saturated heterocycles. The van der Waals surface area contributed by atoms with Crippen LogP contribution in [0.15, 0.2) is 224 Å². The number of aromatic nitrogens is 21. The van der Waals surface area contributed by atoms with Gasteiger partial charge in [-0.25, -0.2) is 59.5 Å². The van der Waals surface area contributed by atoms with Gasteiger partial charge in [-0.1, -0.05) is 43.6 Å². The lowest BCUT2D eigenvalue weighted by Gasteiger charge is -2.29. The zero-order chi connectivity index (χ0) is 97.3. The summed E-state index contributed by atoms with van der Waals surface area (Å²) < 4.78 is 17.1. The average Bonchev–Trinajstić information content (AvgIpc) is 1.66. The van der Waals surface area contributed by atoms with E-state index in [1.54, 1.807) is 90.4 Å². The third-order valence-corrected chi connectivity index (χ3v) is 28.7. The van der Waals surface area contributed by atoms with Crippen molar-refractivity contribution in [3.05, 3.63) is 270 Å². The third kappa shape index (κ3) is 21.7. The van der Waals surface area contributed by atoms with Crippen LogP contribution in [-0.2, 0) is 0 Å². The number of imidazole rings is 1. The minimum Gasteiger partial charge on any atom is -0.444 e. The number of rotatable bonds is 20. The molecule has 730 valence electrons. The van der Waals surface area contributed by atoms with Crippen LogP contribution >= 0.6 is 34.3 Å². The molecule has 6 aliphatic heterocycles. The first-order valence-electron chi connectivity index (χ1n) is 47.8. The second-order valence-electron chi connectivity index (χ2n) is 36.5. The molecule has 1 aliphatic carbocycles. The molecule has 24 rings (SSSR count). The van der Waals surface area contributed by atoms with E-state index in [1.165, 1.54) is 28.9 Å². The summed E-state index contributed by atoms with van der Waals surface area (Å²) in [4.78, 5) is 129. The molecule has 1 saturated carbocycles. The highest BCUT2D eigenvalue weighted by Crippen LogP contribution is 2.37. The number of carbonyl (C=O) groups is 5. The topological polar surface area (TPSA) is 439 Å². The Hall–Kier alpha value is -15.3. The smallest absolute Gasteiger partial charge is 0.289 e. The number of halogens is 1. The third-order valence-electron chi connectivity index (χ3n) is 26.6. The SMILES string of the molecule is CC(C)c1cnc(C(=O)N[C@H]2CCN(c3nccn4cccc34)C2)nc1.Cc1ccccc1-c1nc(C(=O)N[C@H]2CCN(c3nccn4cccc34)C2)co1.O=C(N[C@H]1CCC(c2nccn3cccc23)C1)c1ccn(-c2ccc(Cl)cn2)n1.O=C(N[C@H]1CCN(c2nccn3ccnc23)C1)c1csc(N2CCC(O)CC2)n1.O=C(N[C@H]1CCN(c2nccn3cnnc23)C1)c1csc(N2CCC(O)CC2)n1. The van der Waals surface area contributed by atoms with Crippen molar-refractivity contribution in [1.82, 2.24) is 128 Å². The Morgan fingerprint density at radius 1 is 0.430 bits per heavy atom. The zero-order valence-electron chi connectivity index (χ0n) is 78.4. The lowest BCUT2D eigenvalue weighted by Crippen LogP contribution is -2.38. The lowest BCUT2D eigenvalue weighted by molar-refractivity contribution is 0.0922. The number of amides is 5. The Bertz CT molecular complexity index is 7100. The molecule has 6 atom stereocenters. The highest BCUT2D eigenvalue weighted by Gasteiger charge is 2.36. The molecule has 1 unspecified atom stereocenters. The monoisotopic (exact) mass is 1970 g/mol. The number of oxazole rings is 1. The van der Waals surface area contributed by atoms with E-state index in [-0.39, 0.29) is 77.8 Å². The Balaban J connectivity index is 0.000000109. The van der Waals surface area contributed by atoms with E-state index in [1.807, 2.05) is 126 Å². The van der Waals surface area contributed by atoms with E-state index in [0.717, 1.165) is 213 Å². The number of aliphatic hydroxyl groups excluding tert-OH is 2. The van der Waals surface area contributed by atoms with Gasteiger partial charge in [0.1, 0.15) is 24.0 Å². The van der Waals surface area contributed by atoms with Gasteiger partial charge in [-0.05, 0) is 155 Å². The fourth-order valence-electron chi connectivity index (χ4n) is 19.0.